The second kappa shape index (κ2) is 14.3. The molecule has 1 amide bonds. The lowest BCUT2D eigenvalue weighted by atomic mass is 9.98. The lowest BCUT2D eigenvalue weighted by Crippen LogP contribution is -2.35. The molecule has 0 saturated heterocycles. The average molecular weight is 583 g/mol. The molecule has 1 N–H and O–H groups in total. The molecule has 9 nitrogen and oxygen atoms in total. The van der Waals surface area contributed by atoms with Crippen molar-refractivity contribution in [1.29, 1.82) is 0 Å². The van der Waals surface area contributed by atoms with Crippen molar-refractivity contribution in [3.05, 3.63) is 59.7 Å². The number of ether oxygens (including phenoxy) is 2. The van der Waals surface area contributed by atoms with Gasteiger partial charge in [0.15, 0.2) is 23.2 Å². The smallest absolute Gasteiger partial charge is 0.407 e. The molecule has 1 aliphatic rings. The summed E-state index contributed by atoms with van der Waals surface area (Å²) < 4.78 is 40.1. The second-order valence-corrected chi connectivity index (χ2v) is 11.4. The number of anilines is 1. The van der Waals surface area contributed by atoms with Crippen molar-refractivity contribution in [3.8, 4) is 17.4 Å². The summed E-state index contributed by atoms with van der Waals surface area (Å²) in [6.45, 7) is 8.96. The standard InChI is InChI=1S/C31H40F2N6O3/c1-21-23-20-37-29(28-34-14-11-15-35-28)38-25(23)12-16-39(21)22-18-24(32)27(33)26(19-22)41-17-10-8-6-5-7-9-13-36-30(40)42-31(2,3)4/h11,14-15,18-21H,5-10,12-13,16-17H2,1-4H3,(H,36,40). The first kappa shape index (κ1) is 31.1. The Morgan fingerprint density at radius 3 is 2.48 bits per heavy atom. The van der Waals surface area contributed by atoms with E-state index in [9.17, 15) is 13.6 Å². The molecule has 1 aromatic carbocycles. The number of aromatic nitrogens is 4. The molecule has 0 saturated carbocycles. The van der Waals surface area contributed by atoms with Gasteiger partial charge in [-0.25, -0.2) is 29.1 Å². The van der Waals surface area contributed by atoms with Crippen LogP contribution in [-0.2, 0) is 11.2 Å². The van der Waals surface area contributed by atoms with Crippen molar-refractivity contribution in [2.45, 2.75) is 84.3 Å². The van der Waals surface area contributed by atoms with Gasteiger partial charge < -0.3 is 19.7 Å². The number of halogens is 2. The van der Waals surface area contributed by atoms with Gasteiger partial charge in [-0.3, -0.25) is 0 Å². The fourth-order valence-electron chi connectivity index (χ4n) is 4.88. The molecule has 3 aromatic rings. The molecule has 4 rings (SSSR count). The molecule has 42 heavy (non-hydrogen) atoms. The van der Waals surface area contributed by atoms with Crippen molar-refractivity contribution in [1.82, 2.24) is 25.3 Å². The van der Waals surface area contributed by atoms with E-state index in [0.717, 1.165) is 49.8 Å². The van der Waals surface area contributed by atoms with Gasteiger partial charge in [0.05, 0.1) is 18.3 Å². The number of nitrogens with one attached hydrogen (secondary N) is 1. The molecule has 1 aliphatic heterocycles. The van der Waals surface area contributed by atoms with Gasteiger partial charge in [-0.1, -0.05) is 25.7 Å². The van der Waals surface area contributed by atoms with Crippen LogP contribution in [0.1, 0.15) is 83.5 Å². The number of hydrogen-bond acceptors (Lipinski definition) is 8. The number of hydrogen-bond donors (Lipinski definition) is 1. The maximum Gasteiger partial charge on any atom is 0.407 e. The molecule has 0 spiro atoms. The lowest BCUT2D eigenvalue weighted by molar-refractivity contribution is 0.0527. The Kier molecular flexibility index (Phi) is 10.6. The number of unbranched alkanes of at least 4 members (excludes halogenated alkanes) is 5. The predicted molar refractivity (Wildman–Crippen MR) is 156 cm³/mol. The Balaban J connectivity index is 1.23. The Bertz CT molecular complexity index is 1340. The molecule has 0 radical (unpaired) electrons. The number of carbonyl (C=O) groups excluding carboxylic acids is 1. The fraction of sp³-hybridized carbons (Fsp3) is 0.516. The van der Waals surface area contributed by atoms with Crippen LogP contribution in [0.5, 0.6) is 5.75 Å². The average Bonchev–Trinajstić information content (AvgIpc) is 2.95. The van der Waals surface area contributed by atoms with Crippen molar-refractivity contribution in [3.63, 3.8) is 0 Å². The molecular weight excluding hydrogens is 542 g/mol. The highest BCUT2D eigenvalue weighted by atomic mass is 19.2. The largest absolute Gasteiger partial charge is 0.490 e. The molecular formula is C31H40F2N6O3. The van der Waals surface area contributed by atoms with Crippen molar-refractivity contribution in [2.24, 2.45) is 0 Å². The van der Waals surface area contributed by atoms with E-state index in [4.69, 9.17) is 9.47 Å². The Labute approximate surface area is 246 Å². The van der Waals surface area contributed by atoms with Crippen molar-refractivity contribution < 1.29 is 23.0 Å². The summed E-state index contributed by atoms with van der Waals surface area (Å²) >= 11 is 0. The minimum Gasteiger partial charge on any atom is -0.490 e. The number of amides is 1. The van der Waals surface area contributed by atoms with Crippen LogP contribution in [0, 0.1) is 11.6 Å². The molecule has 226 valence electrons. The van der Waals surface area contributed by atoms with E-state index in [-0.39, 0.29) is 11.8 Å². The quantitative estimate of drug-likeness (QED) is 0.239. The van der Waals surface area contributed by atoms with Gasteiger partial charge in [-0.2, -0.15) is 4.39 Å². The Morgan fingerprint density at radius 2 is 1.74 bits per heavy atom. The van der Waals surface area contributed by atoms with Gasteiger partial charge in [0.2, 0.25) is 5.82 Å². The highest BCUT2D eigenvalue weighted by Gasteiger charge is 2.28. The first-order valence-corrected chi connectivity index (χ1v) is 14.6. The van der Waals surface area contributed by atoms with Crippen molar-refractivity contribution >= 4 is 11.8 Å². The topological polar surface area (TPSA) is 102 Å². The fourth-order valence-corrected chi connectivity index (χ4v) is 4.88. The van der Waals surface area contributed by atoms with E-state index in [1.165, 1.54) is 6.07 Å². The number of alkyl carbamates (subject to hydrolysis) is 1. The number of fused-ring (bicyclic) bond motifs is 1. The van der Waals surface area contributed by atoms with Gasteiger partial charge in [0, 0.05) is 61.5 Å². The summed E-state index contributed by atoms with van der Waals surface area (Å²) in [5.41, 5.74) is 1.88. The summed E-state index contributed by atoms with van der Waals surface area (Å²) in [5.74, 6) is -1.06. The van der Waals surface area contributed by atoms with E-state index in [0.29, 0.717) is 43.5 Å². The van der Waals surface area contributed by atoms with Gasteiger partial charge in [-0.05, 0) is 46.6 Å². The van der Waals surface area contributed by atoms with E-state index in [2.05, 4.69) is 25.3 Å². The molecule has 0 bridgehead atoms. The normalized spacial score (nSPS) is 14.8. The van der Waals surface area contributed by atoms with Crippen LogP contribution in [0.25, 0.3) is 11.6 Å². The number of benzene rings is 1. The molecule has 3 heterocycles. The Morgan fingerprint density at radius 1 is 1.02 bits per heavy atom. The molecule has 0 fully saturated rings. The second-order valence-electron chi connectivity index (χ2n) is 11.4. The van der Waals surface area contributed by atoms with Crippen LogP contribution in [0.2, 0.25) is 0 Å². The maximum atomic E-state index is 14.6. The lowest BCUT2D eigenvalue weighted by Gasteiger charge is -2.36. The van der Waals surface area contributed by atoms with Gasteiger partial charge in [-0.15, -0.1) is 0 Å². The zero-order valence-corrected chi connectivity index (χ0v) is 24.8. The molecule has 0 aliphatic carbocycles. The molecule has 2 aromatic heterocycles. The highest BCUT2D eigenvalue weighted by molar-refractivity contribution is 5.67. The summed E-state index contributed by atoms with van der Waals surface area (Å²) in [6.07, 6.45) is 10.8. The van der Waals surface area contributed by atoms with Crippen LogP contribution in [0.3, 0.4) is 0 Å². The zero-order valence-electron chi connectivity index (χ0n) is 24.8. The SMILES string of the molecule is CC1c2cnc(-c3ncccn3)nc2CCN1c1cc(F)c(F)c(OCCCCCCCCNC(=O)OC(C)(C)C)c1. The first-order chi connectivity index (χ1) is 20.1. The first-order valence-electron chi connectivity index (χ1n) is 14.6. The van der Waals surface area contributed by atoms with E-state index in [1.807, 2.05) is 32.6 Å². The number of nitrogens with zero attached hydrogens (tertiary/aromatic N) is 5. The van der Waals surface area contributed by atoms with E-state index >= 15 is 0 Å². The van der Waals surface area contributed by atoms with Crippen LogP contribution in [-0.4, -0.2) is 51.3 Å². The van der Waals surface area contributed by atoms with Crippen molar-refractivity contribution in [2.75, 3.05) is 24.6 Å². The van der Waals surface area contributed by atoms with Crippen LogP contribution in [0.4, 0.5) is 19.3 Å². The monoisotopic (exact) mass is 582 g/mol. The Hall–Kier alpha value is -3.89. The number of carbonyl (C=O) groups is 1. The third-order valence-corrected chi connectivity index (χ3v) is 6.98. The van der Waals surface area contributed by atoms with E-state index in [1.54, 1.807) is 30.7 Å². The molecule has 1 atom stereocenters. The summed E-state index contributed by atoms with van der Waals surface area (Å²) in [5, 5.41) is 2.76. The van der Waals surface area contributed by atoms with Gasteiger partial charge in [0.25, 0.3) is 0 Å². The van der Waals surface area contributed by atoms with Crippen LogP contribution in [0.15, 0.2) is 36.8 Å². The maximum absolute atomic E-state index is 14.6. The molecule has 1 unspecified atom stereocenters. The predicted octanol–water partition coefficient (Wildman–Crippen LogP) is 6.58. The highest BCUT2D eigenvalue weighted by Crippen LogP contribution is 2.36. The number of rotatable bonds is 12. The van der Waals surface area contributed by atoms with Crippen LogP contribution >= 0.6 is 0 Å². The van der Waals surface area contributed by atoms with E-state index < -0.39 is 23.3 Å². The van der Waals surface area contributed by atoms with Gasteiger partial charge in [0.1, 0.15) is 5.60 Å². The summed E-state index contributed by atoms with van der Waals surface area (Å²) in [7, 11) is 0. The summed E-state index contributed by atoms with van der Waals surface area (Å²) in [6, 6.07) is 4.39. The molecule has 11 heteroatoms. The third-order valence-electron chi connectivity index (χ3n) is 6.98. The third kappa shape index (κ3) is 8.56. The van der Waals surface area contributed by atoms with Gasteiger partial charge >= 0.3 is 6.09 Å². The minimum absolute atomic E-state index is 0.0796. The minimum atomic E-state index is -0.975. The van der Waals surface area contributed by atoms with Crippen LogP contribution < -0.4 is 15.0 Å². The summed E-state index contributed by atoms with van der Waals surface area (Å²) in [4.78, 5) is 31.2. The zero-order chi connectivity index (χ0) is 30.1.